The van der Waals surface area contributed by atoms with Gasteiger partial charge in [-0.3, -0.25) is 9.59 Å². The zero-order valence-corrected chi connectivity index (χ0v) is 12.0. The standard InChI is InChI=1S/C14H24N2O3/c1-9(2)16-8-12(6-13(16)18)14(19)15-5-4-11(7-15)10(3)17/h9-12,17H,4-8H2,1-3H3. The van der Waals surface area contributed by atoms with E-state index in [0.29, 0.717) is 26.1 Å². The van der Waals surface area contributed by atoms with Crippen LogP contribution in [0.5, 0.6) is 0 Å². The molecule has 19 heavy (non-hydrogen) atoms. The average Bonchev–Trinajstić information content (AvgIpc) is 2.94. The van der Waals surface area contributed by atoms with Crippen LogP contribution in [0.2, 0.25) is 0 Å². The number of rotatable bonds is 3. The molecule has 0 spiro atoms. The minimum atomic E-state index is -0.366. The fraction of sp³-hybridized carbons (Fsp3) is 0.857. The van der Waals surface area contributed by atoms with Crippen molar-refractivity contribution in [3.8, 4) is 0 Å². The Kier molecular flexibility index (Phi) is 4.13. The van der Waals surface area contributed by atoms with Crippen LogP contribution in [0.15, 0.2) is 0 Å². The summed E-state index contributed by atoms with van der Waals surface area (Å²) in [4.78, 5) is 27.8. The van der Waals surface area contributed by atoms with Crippen LogP contribution in [0.25, 0.3) is 0 Å². The van der Waals surface area contributed by atoms with Gasteiger partial charge in [-0.1, -0.05) is 0 Å². The van der Waals surface area contributed by atoms with Gasteiger partial charge in [0.15, 0.2) is 0 Å². The molecule has 2 rings (SSSR count). The fourth-order valence-electron chi connectivity index (χ4n) is 3.04. The summed E-state index contributed by atoms with van der Waals surface area (Å²) in [6.45, 7) is 7.61. The largest absolute Gasteiger partial charge is 0.393 e. The molecule has 2 saturated heterocycles. The van der Waals surface area contributed by atoms with Crippen LogP contribution >= 0.6 is 0 Å². The molecule has 0 aromatic rings. The van der Waals surface area contributed by atoms with Crippen molar-refractivity contribution in [3.63, 3.8) is 0 Å². The Balaban J connectivity index is 1.93. The number of hydrogen-bond acceptors (Lipinski definition) is 3. The van der Waals surface area contributed by atoms with Crippen LogP contribution < -0.4 is 0 Å². The Morgan fingerprint density at radius 2 is 2.00 bits per heavy atom. The van der Waals surface area contributed by atoms with Gasteiger partial charge in [-0.25, -0.2) is 0 Å². The molecule has 0 radical (unpaired) electrons. The second kappa shape index (κ2) is 5.49. The van der Waals surface area contributed by atoms with Crippen molar-refractivity contribution in [2.75, 3.05) is 19.6 Å². The Hall–Kier alpha value is -1.10. The molecule has 1 N–H and O–H groups in total. The highest BCUT2D eigenvalue weighted by Crippen LogP contribution is 2.26. The van der Waals surface area contributed by atoms with E-state index in [1.807, 2.05) is 18.7 Å². The minimum Gasteiger partial charge on any atom is -0.393 e. The first kappa shape index (κ1) is 14.3. The predicted octanol–water partition coefficient (Wildman–Crippen LogP) is 0.473. The van der Waals surface area contributed by atoms with Crippen molar-refractivity contribution in [2.45, 2.75) is 45.8 Å². The average molecular weight is 268 g/mol. The Morgan fingerprint density at radius 1 is 1.32 bits per heavy atom. The van der Waals surface area contributed by atoms with E-state index >= 15 is 0 Å². The second-order valence-corrected chi connectivity index (χ2v) is 6.11. The number of aliphatic hydroxyl groups excluding tert-OH is 1. The third-order valence-electron chi connectivity index (χ3n) is 4.35. The number of amides is 2. The molecule has 3 unspecified atom stereocenters. The van der Waals surface area contributed by atoms with Crippen molar-refractivity contribution in [2.24, 2.45) is 11.8 Å². The van der Waals surface area contributed by atoms with Crippen LogP contribution in [0.4, 0.5) is 0 Å². The lowest BCUT2D eigenvalue weighted by Gasteiger charge is -2.23. The number of carbonyl (C=O) groups is 2. The minimum absolute atomic E-state index is 0.0830. The highest BCUT2D eigenvalue weighted by molar-refractivity contribution is 5.89. The molecule has 108 valence electrons. The Labute approximate surface area is 114 Å². The highest BCUT2D eigenvalue weighted by atomic mass is 16.3. The van der Waals surface area contributed by atoms with Crippen molar-refractivity contribution >= 4 is 11.8 Å². The third-order valence-corrected chi connectivity index (χ3v) is 4.35. The summed E-state index contributed by atoms with van der Waals surface area (Å²) in [5.74, 6) is 0.157. The molecule has 0 aliphatic carbocycles. The quantitative estimate of drug-likeness (QED) is 0.809. The molecule has 0 saturated carbocycles. The van der Waals surface area contributed by atoms with E-state index in [1.165, 1.54) is 0 Å². The second-order valence-electron chi connectivity index (χ2n) is 6.11. The molecule has 5 heteroatoms. The summed E-state index contributed by atoms with van der Waals surface area (Å²) in [6.07, 6.45) is 0.834. The lowest BCUT2D eigenvalue weighted by atomic mass is 10.0. The first-order chi connectivity index (χ1) is 8.90. The van der Waals surface area contributed by atoms with Crippen LogP contribution in [-0.2, 0) is 9.59 Å². The molecule has 0 bridgehead atoms. The molecule has 2 fully saturated rings. The van der Waals surface area contributed by atoms with Crippen molar-refractivity contribution in [1.29, 1.82) is 0 Å². The summed E-state index contributed by atoms with van der Waals surface area (Å²) in [7, 11) is 0. The van der Waals surface area contributed by atoms with Gasteiger partial charge in [0.25, 0.3) is 0 Å². The highest BCUT2D eigenvalue weighted by Gasteiger charge is 2.39. The van der Waals surface area contributed by atoms with E-state index in [2.05, 4.69) is 0 Å². The molecule has 0 aromatic heterocycles. The monoisotopic (exact) mass is 268 g/mol. The van der Waals surface area contributed by atoms with E-state index < -0.39 is 0 Å². The molecule has 2 heterocycles. The zero-order valence-electron chi connectivity index (χ0n) is 12.0. The maximum Gasteiger partial charge on any atom is 0.228 e. The van der Waals surface area contributed by atoms with Crippen LogP contribution in [0, 0.1) is 11.8 Å². The fourth-order valence-corrected chi connectivity index (χ4v) is 3.04. The molecule has 2 amide bonds. The van der Waals surface area contributed by atoms with Gasteiger partial charge in [0.05, 0.1) is 12.0 Å². The molecule has 5 nitrogen and oxygen atoms in total. The van der Waals surface area contributed by atoms with E-state index in [-0.39, 0.29) is 35.8 Å². The number of aliphatic hydroxyl groups is 1. The van der Waals surface area contributed by atoms with Gasteiger partial charge < -0.3 is 14.9 Å². The number of likely N-dealkylation sites (tertiary alicyclic amines) is 2. The lowest BCUT2D eigenvalue weighted by Crippen LogP contribution is -2.37. The summed E-state index contributed by atoms with van der Waals surface area (Å²) >= 11 is 0. The number of carbonyl (C=O) groups excluding carboxylic acids is 2. The third kappa shape index (κ3) is 2.91. The maximum absolute atomic E-state index is 12.4. The van der Waals surface area contributed by atoms with Crippen LogP contribution in [0.3, 0.4) is 0 Å². The van der Waals surface area contributed by atoms with Crippen LogP contribution in [0.1, 0.15) is 33.6 Å². The summed E-state index contributed by atoms with van der Waals surface area (Å²) in [5.41, 5.74) is 0. The van der Waals surface area contributed by atoms with Gasteiger partial charge in [-0.2, -0.15) is 0 Å². The molecule has 0 aromatic carbocycles. The SMILES string of the molecule is CC(O)C1CCN(C(=O)C2CC(=O)N(C(C)C)C2)C1. The van der Waals surface area contributed by atoms with Gasteiger partial charge >= 0.3 is 0 Å². The molecule has 3 atom stereocenters. The van der Waals surface area contributed by atoms with Crippen molar-refractivity contribution in [1.82, 2.24) is 9.80 Å². The first-order valence-corrected chi connectivity index (χ1v) is 7.16. The maximum atomic E-state index is 12.4. The topological polar surface area (TPSA) is 60.9 Å². The van der Waals surface area contributed by atoms with E-state index in [1.54, 1.807) is 11.8 Å². The molecular weight excluding hydrogens is 244 g/mol. The Morgan fingerprint density at radius 3 is 2.47 bits per heavy atom. The summed E-state index contributed by atoms with van der Waals surface area (Å²) in [5, 5.41) is 9.57. The molecular formula is C14H24N2O3. The molecule has 2 aliphatic heterocycles. The van der Waals surface area contributed by atoms with Gasteiger partial charge in [0.1, 0.15) is 0 Å². The van der Waals surface area contributed by atoms with Gasteiger partial charge in [0, 0.05) is 38.0 Å². The zero-order chi connectivity index (χ0) is 14.2. The van der Waals surface area contributed by atoms with Gasteiger partial charge in [-0.05, 0) is 27.2 Å². The lowest BCUT2D eigenvalue weighted by molar-refractivity contribution is -0.135. The normalized spacial score (nSPS) is 29.4. The van der Waals surface area contributed by atoms with Gasteiger partial charge in [-0.15, -0.1) is 0 Å². The number of nitrogens with zero attached hydrogens (tertiary/aromatic N) is 2. The van der Waals surface area contributed by atoms with Crippen LogP contribution in [-0.4, -0.2) is 58.5 Å². The van der Waals surface area contributed by atoms with E-state index in [4.69, 9.17) is 0 Å². The van der Waals surface area contributed by atoms with Crippen molar-refractivity contribution < 1.29 is 14.7 Å². The smallest absolute Gasteiger partial charge is 0.228 e. The Bertz CT molecular complexity index is 368. The van der Waals surface area contributed by atoms with E-state index in [9.17, 15) is 14.7 Å². The predicted molar refractivity (Wildman–Crippen MR) is 71.3 cm³/mol. The van der Waals surface area contributed by atoms with Gasteiger partial charge in [0.2, 0.25) is 11.8 Å². The summed E-state index contributed by atoms with van der Waals surface area (Å²) < 4.78 is 0. The first-order valence-electron chi connectivity index (χ1n) is 7.16. The number of hydrogen-bond donors (Lipinski definition) is 1. The van der Waals surface area contributed by atoms with Crippen molar-refractivity contribution in [3.05, 3.63) is 0 Å². The van der Waals surface area contributed by atoms with E-state index in [0.717, 1.165) is 6.42 Å². The molecule has 2 aliphatic rings. The summed E-state index contributed by atoms with van der Waals surface area (Å²) in [6, 6.07) is 0.161.